The lowest BCUT2D eigenvalue weighted by molar-refractivity contribution is 0.261. The van der Waals surface area contributed by atoms with Crippen molar-refractivity contribution in [2.75, 3.05) is 32.6 Å². The van der Waals surface area contributed by atoms with Crippen LogP contribution in [0.5, 0.6) is 5.75 Å². The van der Waals surface area contributed by atoms with Crippen LogP contribution in [0.25, 0.3) is 0 Å². The molecule has 3 nitrogen and oxygen atoms in total. The number of hydrogen-bond donors (Lipinski definition) is 1. The van der Waals surface area contributed by atoms with Crippen molar-refractivity contribution in [3.8, 4) is 5.75 Å². The summed E-state index contributed by atoms with van der Waals surface area (Å²) in [6, 6.07) is 9.07. The molecule has 0 heterocycles. The Bertz CT molecular complexity index is 381. The van der Waals surface area contributed by atoms with E-state index in [4.69, 9.17) is 4.74 Å². The summed E-state index contributed by atoms with van der Waals surface area (Å²) in [7, 11) is 4.12. The van der Waals surface area contributed by atoms with Crippen LogP contribution in [-0.4, -0.2) is 38.2 Å². The Morgan fingerprint density at radius 2 is 1.62 bits per heavy atom. The summed E-state index contributed by atoms with van der Waals surface area (Å²) in [4.78, 5) is 2.13. The number of anilines is 1. The topological polar surface area (TPSA) is 24.5 Å². The molecule has 118 valence electrons. The third-order valence-corrected chi connectivity index (χ3v) is 4.14. The second-order valence-corrected chi connectivity index (χ2v) is 6.36. The smallest absolute Gasteiger partial charge is 0.119 e. The van der Waals surface area contributed by atoms with E-state index < -0.39 is 0 Å². The van der Waals surface area contributed by atoms with E-state index in [2.05, 4.69) is 48.6 Å². The van der Waals surface area contributed by atoms with E-state index in [-0.39, 0.29) is 0 Å². The molecule has 0 unspecified atom stereocenters. The van der Waals surface area contributed by atoms with Crippen LogP contribution in [0.3, 0.4) is 0 Å². The fourth-order valence-corrected chi connectivity index (χ4v) is 2.83. The highest BCUT2D eigenvalue weighted by atomic mass is 16.5. The van der Waals surface area contributed by atoms with E-state index in [0.29, 0.717) is 6.04 Å². The van der Waals surface area contributed by atoms with Gasteiger partial charge < -0.3 is 15.0 Å². The van der Waals surface area contributed by atoms with Gasteiger partial charge in [0.25, 0.3) is 0 Å². The van der Waals surface area contributed by atoms with Crippen LogP contribution in [-0.2, 0) is 0 Å². The lowest BCUT2D eigenvalue weighted by Gasteiger charge is -2.22. The van der Waals surface area contributed by atoms with Gasteiger partial charge in [-0.1, -0.05) is 32.1 Å². The van der Waals surface area contributed by atoms with E-state index in [1.54, 1.807) is 0 Å². The van der Waals surface area contributed by atoms with Gasteiger partial charge in [-0.3, -0.25) is 0 Å². The highest BCUT2D eigenvalue weighted by Gasteiger charge is 2.10. The first-order valence-corrected chi connectivity index (χ1v) is 8.38. The summed E-state index contributed by atoms with van der Waals surface area (Å²) in [5, 5.41) is 3.69. The van der Waals surface area contributed by atoms with Gasteiger partial charge in [0.2, 0.25) is 0 Å². The molecule has 0 saturated heterocycles. The van der Waals surface area contributed by atoms with Gasteiger partial charge in [0.15, 0.2) is 0 Å². The maximum absolute atomic E-state index is 5.73. The highest BCUT2D eigenvalue weighted by Crippen LogP contribution is 2.22. The molecule has 1 aromatic carbocycles. The second kappa shape index (κ2) is 8.93. The Kier molecular flexibility index (Phi) is 6.87. The third-order valence-electron chi connectivity index (χ3n) is 4.14. The van der Waals surface area contributed by atoms with Crippen molar-refractivity contribution in [1.29, 1.82) is 0 Å². The fourth-order valence-electron chi connectivity index (χ4n) is 2.83. The molecule has 0 radical (unpaired) electrons. The number of hydrogen-bond acceptors (Lipinski definition) is 3. The van der Waals surface area contributed by atoms with Gasteiger partial charge in [-0.15, -0.1) is 0 Å². The second-order valence-electron chi connectivity index (χ2n) is 6.36. The summed E-state index contributed by atoms with van der Waals surface area (Å²) >= 11 is 0. The first-order chi connectivity index (χ1) is 10.2. The predicted molar refractivity (Wildman–Crippen MR) is 90.2 cm³/mol. The summed E-state index contributed by atoms with van der Waals surface area (Å²) in [5.74, 6) is 0.958. The highest BCUT2D eigenvalue weighted by molar-refractivity contribution is 5.47. The predicted octanol–water partition coefficient (Wildman–Crippen LogP) is 4.15. The van der Waals surface area contributed by atoms with Crippen molar-refractivity contribution in [1.82, 2.24) is 4.90 Å². The quantitative estimate of drug-likeness (QED) is 0.851. The van der Waals surface area contributed by atoms with Crippen LogP contribution in [0.4, 0.5) is 5.69 Å². The zero-order valence-corrected chi connectivity index (χ0v) is 13.6. The van der Waals surface area contributed by atoms with Crippen LogP contribution >= 0.6 is 0 Å². The summed E-state index contributed by atoms with van der Waals surface area (Å²) in [5.41, 5.74) is 1.22. The Morgan fingerprint density at radius 1 is 1.00 bits per heavy atom. The molecular weight excluding hydrogens is 260 g/mol. The molecule has 0 spiro atoms. The molecule has 1 aromatic rings. The van der Waals surface area contributed by atoms with Crippen LogP contribution in [0.2, 0.25) is 0 Å². The van der Waals surface area contributed by atoms with Crippen LogP contribution in [0.1, 0.15) is 44.9 Å². The van der Waals surface area contributed by atoms with E-state index in [1.807, 2.05) is 0 Å². The van der Waals surface area contributed by atoms with Gasteiger partial charge in [0.1, 0.15) is 12.4 Å². The number of likely N-dealkylation sites (N-methyl/N-ethyl adjacent to an activating group) is 1. The number of ether oxygens (including phenoxy) is 1. The van der Waals surface area contributed by atoms with Crippen molar-refractivity contribution in [3.63, 3.8) is 0 Å². The molecule has 1 aliphatic carbocycles. The first-order valence-electron chi connectivity index (χ1n) is 8.38. The molecular formula is C18H30N2O. The lowest BCUT2D eigenvalue weighted by Crippen LogP contribution is -2.20. The molecule has 0 aromatic heterocycles. The average molecular weight is 290 g/mol. The van der Waals surface area contributed by atoms with Gasteiger partial charge in [0.05, 0.1) is 0 Å². The van der Waals surface area contributed by atoms with E-state index in [0.717, 1.165) is 18.9 Å². The first kappa shape index (κ1) is 16.2. The molecule has 21 heavy (non-hydrogen) atoms. The van der Waals surface area contributed by atoms with Crippen LogP contribution in [0.15, 0.2) is 24.3 Å². The Hall–Kier alpha value is -1.22. The van der Waals surface area contributed by atoms with Crippen LogP contribution < -0.4 is 10.1 Å². The third kappa shape index (κ3) is 6.38. The summed E-state index contributed by atoms with van der Waals surface area (Å²) in [6.07, 6.45) is 9.56. The number of nitrogens with zero attached hydrogens (tertiary/aromatic N) is 1. The Labute approximate surface area is 129 Å². The standard InChI is InChI=1S/C18H30N2O/c1-20(2)14-15-21-18-12-10-17(11-13-18)19-16-8-6-4-3-5-7-9-16/h10-13,16,19H,3-9,14-15H2,1-2H3. The largest absolute Gasteiger partial charge is 0.492 e. The molecule has 0 aliphatic heterocycles. The van der Waals surface area contributed by atoms with E-state index in [9.17, 15) is 0 Å². The SMILES string of the molecule is CN(C)CCOc1ccc(NC2CCCCCCC2)cc1. The number of benzene rings is 1. The molecule has 1 saturated carbocycles. The molecule has 1 N–H and O–H groups in total. The average Bonchev–Trinajstić information content (AvgIpc) is 2.43. The molecule has 1 aliphatic rings. The molecule has 3 heteroatoms. The molecule has 0 bridgehead atoms. The van der Waals surface area contributed by atoms with Crippen molar-refractivity contribution < 1.29 is 4.74 Å². The maximum Gasteiger partial charge on any atom is 0.119 e. The minimum atomic E-state index is 0.644. The van der Waals surface area contributed by atoms with Gasteiger partial charge in [-0.25, -0.2) is 0 Å². The minimum Gasteiger partial charge on any atom is -0.492 e. The zero-order valence-electron chi connectivity index (χ0n) is 13.6. The number of rotatable bonds is 6. The van der Waals surface area contributed by atoms with Crippen molar-refractivity contribution in [2.45, 2.75) is 51.0 Å². The minimum absolute atomic E-state index is 0.644. The van der Waals surface area contributed by atoms with Gasteiger partial charge in [0, 0.05) is 18.3 Å². The molecule has 0 atom stereocenters. The summed E-state index contributed by atoms with van der Waals surface area (Å²) < 4.78 is 5.73. The van der Waals surface area contributed by atoms with Crippen molar-refractivity contribution in [2.24, 2.45) is 0 Å². The lowest BCUT2D eigenvalue weighted by atomic mass is 9.96. The molecule has 0 amide bonds. The van der Waals surface area contributed by atoms with Gasteiger partial charge in [-0.05, 0) is 51.2 Å². The van der Waals surface area contributed by atoms with Crippen molar-refractivity contribution >= 4 is 5.69 Å². The molecule has 2 rings (SSSR count). The van der Waals surface area contributed by atoms with E-state index >= 15 is 0 Å². The maximum atomic E-state index is 5.73. The van der Waals surface area contributed by atoms with Crippen molar-refractivity contribution in [3.05, 3.63) is 24.3 Å². The summed E-state index contributed by atoms with van der Waals surface area (Å²) in [6.45, 7) is 1.68. The van der Waals surface area contributed by atoms with Gasteiger partial charge >= 0.3 is 0 Å². The number of nitrogens with one attached hydrogen (secondary N) is 1. The molecule has 1 fully saturated rings. The Balaban J connectivity index is 1.78. The van der Waals surface area contributed by atoms with E-state index in [1.165, 1.54) is 50.6 Å². The Morgan fingerprint density at radius 3 is 2.24 bits per heavy atom. The fraction of sp³-hybridized carbons (Fsp3) is 0.667. The van der Waals surface area contributed by atoms with Gasteiger partial charge in [-0.2, -0.15) is 0 Å². The zero-order chi connectivity index (χ0) is 14.9. The van der Waals surface area contributed by atoms with Crippen LogP contribution in [0, 0.1) is 0 Å². The normalized spacial score (nSPS) is 17.3. The monoisotopic (exact) mass is 290 g/mol.